The summed E-state index contributed by atoms with van der Waals surface area (Å²) in [7, 11) is 0. The molecule has 0 spiro atoms. The number of hydrogen-bond acceptors (Lipinski definition) is 4. The number of benzene rings is 2. The molecule has 2 aromatic rings. The van der Waals surface area contributed by atoms with Crippen LogP contribution >= 0.6 is 0 Å². The first-order valence-electron chi connectivity index (χ1n) is 9.91. The van der Waals surface area contributed by atoms with Crippen molar-refractivity contribution in [2.45, 2.75) is 52.7 Å². The summed E-state index contributed by atoms with van der Waals surface area (Å²) in [5.41, 5.74) is 3.16. The molecular formula is C23H29NO4. The summed E-state index contributed by atoms with van der Waals surface area (Å²) in [6.45, 7) is 9.14. The summed E-state index contributed by atoms with van der Waals surface area (Å²) >= 11 is 0. The Morgan fingerprint density at radius 1 is 1.21 bits per heavy atom. The van der Waals surface area contributed by atoms with Crippen LogP contribution in [0.1, 0.15) is 50.3 Å². The third kappa shape index (κ3) is 4.77. The topological polar surface area (TPSA) is 56.8 Å². The van der Waals surface area contributed by atoms with Crippen molar-refractivity contribution < 1.29 is 19.0 Å². The number of fused-ring (bicyclic) bond motifs is 1. The van der Waals surface area contributed by atoms with E-state index in [1.807, 2.05) is 50.2 Å². The molecule has 0 bridgehead atoms. The molecule has 0 aliphatic carbocycles. The molecule has 0 saturated heterocycles. The molecule has 1 aliphatic rings. The van der Waals surface area contributed by atoms with Gasteiger partial charge in [0.05, 0.1) is 6.61 Å². The number of hydrogen-bond donors (Lipinski definition) is 1. The molecule has 28 heavy (non-hydrogen) atoms. The highest BCUT2D eigenvalue weighted by atomic mass is 16.5. The Morgan fingerprint density at radius 2 is 2.00 bits per heavy atom. The van der Waals surface area contributed by atoms with Gasteiger partial charge < -0.3 is 19.5 Å². The zero-order chi connectivity index (χ0) is 20.1. The van der Waals surface area contributed by atoms with Crippen LogP contribution in [-0.4, -0.2) is 25.2 Å². The second-order valence-corrected chi connectivity index (χ2v) is 7.39. The third-order valence-electron chi connectivity index (χ3n) is 4.75. The third-order valence-corrected chi connectivity index (χ3v) is 4.75. The minimum Gasteiger partial charge on any atom is -0.494 e. The second kappa shape index (κ2) is 9.00. The fourth-order valence-corrected chi connectivity index (χ4v) is 3.39. The number of ether oxygens (including phenoxy) is 3. The van der Waals surface area contributed by atoms with E-state index in [0.29, 0.717) is 19.1 Å². The Kier molecular flexibility index (Phi) is 6.45. The van der Waals surface area contributed by atoms with Crippen molar-refractivity contribution in [3.05, 3.63) is 53.1 Å². The standard InChI is InChI=1S/C23H29NO4/c1-5-26-21-11-17-10-16(4)28-22(17)12-18(21)13-24-23(25)14-27-20-9-7-6-8-19(20)15(2)3/h6-9,11-12,15-16H,5,10,13-14H2,1-4H3,(H,24,25)/t16-/m0/s1. The zero-order valence-corrected chi connectivity index (χ0v) is 17.1. The molecule has 1 atom stereocenters. The van der Waals surface area contributed by atoms with Gasteiger partial charge >= 0.3 is 0 Å². The van der Waals surface area contributed by atoms with Crippen molar-refractivity contribution in [2.75, 3.05) is 13.2 Å². The van der Waals surface area contributed by atoms with Crippen LogP contribution < -0.4 is 19.5 Å². The lowest BCUT2D eigenvalue weighted by Crippen LogP contribution is -2.28. The molecule has 0 aromatic heterocycles. The van der Waals surface area contributed by atoms with E-state index in [2.05, 4.69) is 19.2 Å². The summed E-state index contributed by atoms with van der Waals surface area (Å²) in [5.74, 6) is 2.59. The molecule has 0 radical (unpaired) electrons. The molecular weight excluding hydrogens is 354 g/mol. The SMILES string of the molecule is CCOc1cc2c(cc1CNC(=O)COc1ccccc1C(C)C)O[C@@H](C)C2. The molecule has 3 rings (SSSR count). The van der Waals surface area contributed by atoms with Gasteiger partial charge in [-0.05, 0) is 43.5 Å². The van der Waals surface area contributed by atoms with E-state index in [0.717, 1.165) is 40.4 Å². The fourth-order valence-electron chi connectivity index (χ4n) is 3.39. The van der Waals surface area contributed by atoms with Gasteiger partial charge in [0, 0.05) is 24.1 Å². The highest BCUT2D eigenvalue weighted by Crippen LogP contribution is 2.35. The Balaban J connectivity index is 1.61. The van der Waals surface area contributed by atoms with E-state index >= 15 is 0 Å². The molecule has 150 valence electrons. The molecule has 2 aromatic carbocycles. The van der Waals surface area contributed by atoms with Gasteiger partial charge in [-0.3, -0.25) is 4.79 Å². The molecule has 5 nitrogen and oxygen atoms in total. The lowest BCUT2D eigenvalue weighted by molar-refractivity contribution is -0.123. The Bertz CT molecular complexity index is 831. The van der Waals surface area contributed by atoms with Gasteiger partial charge in [-0.25, -0.2) is 0 Å². The minimum atomic E-state index is -0.171. The number of nitrogens with one attached hydrogen (secondary N) is 1. The van der Waals surface area contributed by atoms with E-state index in [-0.39, 0.29) is 18.6 Å². The average molecular weight is 383 g/mol. The largest absolute Gasteiger partial charge is 0.494 e. The number of carbonyl (C=O) groups excluding carboxylic acids is 1. The van der Waals surface area contributed by atoms with Crippen LogP contribution in [0, 0.1) is 0 Å². The Labute approximate surface area is 167 Å². The smallest absolute Gasteiger partial charge is 0.258 e. The van der Waals surface area contributed by atoms with Gasteiger partial charge in [0.15, 0.2) is 6.61 Å². The van der Waals surface area contributed by atoms with E-state index in [9.17, 15) is 4.79 Å². The molecule has 0 saturated carbocycles. The van der Waals surface area contributed by atoms with Crippen molar-refractivity contribution in [3.63, 3.8) is 0 Å². The van der Waals surface area contributed by atoms with Crippen LogP contribution in [0.15, 0.2) is 36.4 Å². The quantitative estimate of drug-likeness (QED) is 0.741. The van der Waals surface area contributed by atoms with E-state index in [1.54, 1.807) is 0 Å². The lowest BCUT2D eigenvalue weighted by Gasteiger charge is -2.15. The zero-order valence-electron chi connectivity index (χ0n) is 17.1. The molecule has 1 aliphatic heterocycles. The second-order valence-electron chi connectivity index (χ2n) is 7.39. The lowest BCUT2D eigenvalue weighted by atomic mass is 10.0. The van der Waals surface area contributed by atoms with Crippen LogP contribution in [0.3, 0.4) is 0 Å². The predicted molar refractivity (Wildman–Crippen MR) is 109 cm³/mol. The van der Waals surface area contributed by atoms with Gasteiger partial charge in [-0.15, -0.1) is 0 Å². The van der Waals surface area contributed by atoms with Crippen molar-refractivity contribution in [1.82, 2.24) is 5.32 Å². The first kappa shape index (κ1) is 20.1. The van der Waals surface area contributed by atoms with Gasteiger partial charge in [0.25, 0.3) is 5.91 Å². The van der Waals surface area contributed by atoms with Crippen LogP contribution in [0.5, 0.6) is 17.2 Å². The Morgan fingerprint density at radius 3 is 2.75 bits per heavy atom. The van der Waals surface area contributed by atoms with Crippen molar-refractivity contribution >= 4 is 5.91 Å². The van der Waals surface area contributed by atoms with Crippen LogP contribution in [0.25, 0.3) is 0 Å². The summed E-state index contributed by atoms with van der Waals surface area (Å²) in [6.07, 6.45) is 1.05. The predicted octanol–water partition coefficient (Wildman–Crippen LogP) is 4.23. The highest BCUT2D eigenvalue weighted by Gasteiger charge is 2.22. The minimum absolute atomic E-state index is 0.0217. The van der Waals surface area contributed by atoms with Gasteiger partial charge in [0.1, 0.15) is 23.4 Å². The highest BCUT2D eigenvalue weighted by molar-refractivity contribution is 5.77. The van der Waals surface area contributed by atoms with Crippen molar-refractivity contribution in [2.24, 2.45) is 0 Å². The number of para-hydroxylation sites is 1. The van der Waals surface area contributed by atoms with E-state index < -0.39 is 0 Å². The number of amides is 1. The van der Waals surface area contributed by atoms with Crippen molar-refractivity contribution in [3.8, 4) is 17.2 Å². The van der Waals surface area contributed by atoms with E-state index in [1.165, 1.54) is 0 Å². The first-order valence-corrected chi connectivity index (χ1v) is 9.91. The summed E-state index contributed by atoms with van der Waals surface area (Å²) < 4.78 is 17.3. The maximum absolute atomic E-state index is 12.3. The Hall–Kier alpha value is -2.69. The number of rotatable bonds is 8. The number of carbonyl (C=O) groups is 1. The van der Waals surface area contributed by atoms with Crippen molar-refractivity contribution in [1.29, 1.82) is 0 Å². The first-order chi connectivity index (χ1) is 13.5. The normalized spacial score (nSPS) is 15.1. The molecule has 1 heterocycles. The van der Waals surface area contributed by atoms with Gasteiger partial charge in [-0.1, -0.05) is 32.0 Å². The summed E-state index contributed by atoms with van der Waals surface area (Å²) in [4.78, 5) is 12.3. The van der Waals surface area contributed by atoms with Crippen LogP contribution in [0.4, 0.5) is 0 Å². The maximum Gasteiger partial charge on any atom is 0.258 e. The van der Waals surface area contributed by atoms with Gasteiger partial charge in [0.2, 0.25) is 0 Å². The maximum atomic E-state index is 12.3. The van der Waals surface area contributed by atoms with Gasteiger partial charge in [-0.2, -0.15) is 0 Å². The van der Waals surface area contributed by atoms with Crippen LogP contribution in [-0.2, 0) is 17.8 Å². The summed E-state index contributed by atoms with van der Waals surface area (Å²) in [6, 6.07) is 11.8. The van der Waals surface area contributed by atoms with Crippen LogP contribution in [0.2, 0.25) is 0 Å². The average Bonchev–Trinajstić information content (AvgIpc) is 3.03. The molecule has 1 N–H and O–H groups in total. The molecule has 0 fully saturated rings. The monoisotopic (exact) mass is 383 g/mol. The molecule has 5 heteroatoms. The van der Waals surface area contributed by atoms with E-state index in [4.69, 9.17) is 14.2 Å². The molecule has 0 unspecified atom stereocenters. The fraction of sp³-hybridized carbons (Fsp3) is 0.435. The molecule has 1 amide bonds. The summed E-state index contributed by atoms with van der Waals surface area (Å²) in [5, 5.41) is 2.92.